The second kappa shape index (κ2) is 6.21. The van der Waals surface area contributed by atoms with E-state index < -0.39 is 0 Å². The van der Waals surface area contributed by atoms with Crippen LogP contribution in [-0.2, 0) is 5.41 Å². The molecule has 4 rings (SSSR count). The fourth-order valence-electron chi connectivity index (χ4n) is 3.25. The normalized spacial score (nSPS) is 15.7. The summed E-state index contributed by atoms with van der Waals surface area (Å²) in [4.78, 5) is 26.5. The molecule has 0 unspecified atom stereocenters. The van der Waals surface area contributed by atoms with E-state index in [0.717, 1.165) is 18.5 Å². The Labute approximate surface area is 155 Å². The molecule has 0 spiro atoms. The second-order valence-electron chi connectivity index (χ2n) is 6.97. The highest BCUT2D eigenvalue weighted by atomic mass is 32.2. The second-order valence-corrected chi connectivity index (χ2v) is 7.74. The third kappa shape index (κ3) is 2.55. The lowest BCUT2D eigenvalue weighted by Gasteiger charge is -2.17. The molecule has 1 aliphatic carbocycles. The zero-order valence-electron chi connectivity index (χ0n) is 15.0. The molecule has 0 atom stereocenters. The van der Waals surface area contributed by atoms with Crippen LogP contribution in [0.25, 0.3) is 16.9 Å². The van der Waals surface area contributed by atoms with E-state index in [9.17, 15) is 9.90 Å². The lowest BCUT2D eigenvalue weighted by atomic mass is 10.0. The predicted octanol–water partition coefficient (Wildman–Crippen LogP) is 2.30. The van der Waals surface area contributed by atoms with Gasteiger partial charge in [-0.25, -0.2) is 24.3 Å². The first kappa shape index (κ1) is 17.2. The molecule has 0 aliphatic heterocycles. The number of pyridine rings is 1. The van der Waals surface area contributed by atoms with Gasteiger partial charge in [-0.15, -0.1) is 0 Å². The highest BCUT2D eigenvalue weighted by molar-refractivity contribution is 7.98. The van der Waals surface area contributed by atoms with Gasteiger partial charge in [-0.2, -0.15) is 0 Å². The number of aliphatic hydroxyl groups excluding tert-OH is 1. The van der Waals surface area contributed by atoms with Gasteiger partial charge in [0.25, 0.3) is 5.56 Å². The monoisotopic (exact) mass is 371 g/mol. The van der Waals surface area contributed by atoms with E-state index in [0.29, 0.717) is 22.0 Å². The number of nitrogens with zero attached hydrogens (tertiary/aromatic N) is 5. The number of hydrogen-bond donors (Lipinski definition) is 1. The molecule has 136 valence electrons. The fourth-order valence-corrected chi connectivity index (χ4v) is 3.59. The van der Waals surface area contributed by atoms with E-state index >= 15 is 0 Å². The van der Waals surface area contributed by atoms with Crippen LogP contribution < -0.4 is 5.56 Å². The average molecular weight is 371 g/mol. The molecule has 26 heavy (non-hydrogen) atoms. The number of aromatic nitrogens is 5. The van der Waals surface area contributed by atoms with Crippen LogP contribution >= 0.6 is 11.8 Å². The molecule has 3 aromatic heterocycles. The van der Waals surface area contributed by atoms with Crippen molar-refractivity contribution in [3.05, 3.63) is 40.4 Å². The summed E-state index contributed by atoms with van der Waals surface area (Å²) in [6, 6.07) is 5.67. The molecule has 1 aliphatic rings. The van der Waals surface area contributed by atoms with Gasteiger partial charge in [0.05, 0.1) is 12.3 Å². The quantitative estimate of drug-likeness (QED) is 0.547. The third-order valence-electron chi connectivity index (χ3n) is 4.92. The van der Waals surface area contributed by atoms with Crippen molar-refractivity contribution in [3.63, 3.8) is 0 Å². The lowest BCUT2D eigenvalue weighted by molar-refractivity contribution is 0.252. The first-order chi connectivity index (χ1) is 12.5. The van der Waals surface area contributed by atoms with Gasteiger partial charge in [0, 0.05) is 17.7 Å². The van der Waals surface area contributed by atoms with Crippen LogP contribution in [0.5, 0.6) is 0 Å². The van der Waals surface area contributed by atoms with Crippen LogP contribution in [0, 0.1) is 0 Å². The standard InChI is InChI=1S/C18H21N5O2S/c1-11(2)22-16(25)12-9-19-17(26-3)21-15(12)23(22)14-6-4-5-13(20-14)18(10-24)7-8-18/h4-6,9,11,24H,7-8,10H2,1-3H3. The highest BCUT2D eigenvalue weighted by Crippen LogP contribution is 2.46. The first-order valence-corrected chi connectivity index (χ1v) is 9.86. The topological polar surface area (TPSA) is 85.8 Å². The maximum Gasteiger partial charge on any atom is 0.278 e. The van der Waals surface area contributed by atoms with Gasteiger partial charge < -0.3 is 5.11 Å². The van der Waals surface area contributed by atoms with Crippen molar-refractivity contribution in [2.45, 2.75) is 43.3 Å². The summed E-state index contributed by atoms with van der Waals surface area (Å²) in [7, 11) is 0. The van der Waals surface area contributed by atoms with E-state index in [1.165, 1.54) is 11.8 Å². The van der Waals surface area contributed by atoms with Crippen LogP contribution in [-0.4, -0.2) is 42.3 Å². The SMILES string of the molecule is CSc1ncc2c(=O)n(C(C)C)n(-c3cccc(C4(CO)CC4)n3)c2n1. The summed E-state index contributed by atoms with van der Waals surface area (Å²) in [5.41, 5.74) is 1.06. The van der Waals surface area contributed by atoms with Crippen molar-refractivity contribution >= 4 is 22.8 Å². The predicted molar refractivity (Wildman–Crippen MR) is 101 cm³/mol. The number of thioether (sulfide) groups is 1. The van der Waals surface area contributed by atoms with Crippen molar-refractivity contribution < 1.29 is 5.11 Å². The van der Waals surface area contributed by atoms with Gasteiger partial charge in [-0.1, -0.05) is 17.8 Å². The molecule has 3 aromatic rings. The Kier molecular flexibility index (Phi) is 4.11. The van der Waals surface area contributed by atoms with Gasteiger partial charge in [-0.3, -0.25) is 4.79 Å². The van der Waals surface area contributed by atoms with Crippen LogP contribution in [0.15, 0.2) is 34.3 Å². The van der Waals surface area contributed by atoms with E-state index in [-0.39, 0.29) is 23.6 Å². The maximum absolute atomic E-state index is 12.9. The molecule has 1 N–H and O–H groups in total. The van der Waals surface area contributed by atoms with Gasteiger partial charge >= 0.3 is 0 Å². The zero-order valence-corrected chi connectivity index (χ0v) is 15.8. The molecule has 0 amide bonds. The van der Waals surface area contributed by atoms with Crippen LogP contribution in [0.3, 0.4) is 0 Å². The molecule has 0 aromatic carbocycles. The highest BCUT2D eigenvalue weighted by Gasteiger charge is 2.45. The van der Waals surface area contributed by atoms with Gasteiger partial charge in [-0.05, 0) is 45.1 Å². The maximum atomic E-state index is 12.9. The van der Waals surface area contributed by atoms with Crippen molar-refractivity contribution in [1.29, 1.82) is 0 Å². The molecular formula is C18H21N5O2S. The van der Waals surface area contributed by atoms with E-state index in [4.69, 9.17) is 4.98 Å². The number of hydrogen-bond acceptors (Lipinski definition) is 6. The van der Waals surface area contributed by atoms with E-state index in [2.05, 4.69) is 9.97 Å². The molecule has 7 nitrogen and oxygen atoms in total. The summed E-state index contributed by atoms with van der Waals surface area (Å²) >= 11 is 1.43. The van der Waals surface area contributed by atoms with Gasteiger partial charge in [0.1, 0.15) is 5.39 Å². The molecule has 3 heterocycles. The Hall–Kier alpha value is -2.19. The van der Waals surface area contributed by atoms with Gasteiger partial charge in [0.15, 0.2) is 16.6 Å². The molecule has 8 heteroatoms. The number of fused-ring (bicyclic) bond motifs is 1. The molecular weight excluding hydrogens is 350 g/mol. The summed E-state index contributed by atoms with van der Waals surface area (Å²) in [6.07, 6.45) is 5.36. The zero-order chi connectivity index (χ0) is 18.5. The Morgan fingerprint density at radius 2 is 2.08 bits per heavy atom. The lowest BCUT2D eigenvalue weighted by Crippen LogP contribution is -2.25. The number of aliphatic hydroxyl groups is 1. The Morgan fingerprint density at radius 3 is 2.69 bits per heavy atom. The summed E-state index contributed by atoms with van der Waals surface area (Å²) in [6.45, 7) is 4.00. The molecule has 0 bridgehead atoms. The van der Waals surface area contributed by atoms with Crippen molar-refractivity contribution in [2.24, 2.45) is 0 Å². The largest absolute Gasteiger partial charge is 0.395 e. The third-order valence-corrected chi connectivity index (χ3v) is 5.49. The molecule has 0 radical (unpaired) electrons. The minimum atomic E-state index is -0.235. The Balaban J connectivity index is 2.00. The van der Waals surface area contributed by atoms with Gasteiger partial charge in [0.2, 0.25) is 0 Å². The fraction of sp³-hybridized carbons (Fsp3) is 0.444. The first-order valence-electron chi connectivity index (χ1n) is 8.64. The molecule has 1 fully saturated rings. The summed E-state index contributed by atoms with van der Waals surface area (Å²) in [5.74, 6) is 0.633. The van der Waals surface area contributed by atoms with Crippen LogP contribution in [0.2, 0.25) is 0 Å². The van der Waals surface area contributed by atoms with Crippen LogP contribution in [0.4, 0.5) is 0 Å². The summed E-state index contributed by atoms with van der Waals surface area (Å²) < 4.78 is 3.44. The van der Waals surface area contributed by atoms with Crippen molar-refractivity contribution in [1.82, 2.24) is 24.3 Å². The average Bonchev–Trinajstić information content (AvgIpc) is 3.40. The summed E-state index contributed by atoms with van der Waals surface area (Å²) in [5, 5.41) is 10.8. The Bertz CT molecular complexity index is 1040. The molecule has 0 saturated heterocycles. The minimum Gasteiger partial charge on any atom is -0.395 e. The smallest absolute Gasteiger partial charge is 0.278 e. The van der Waals surface area contributed by atoms with E-state index in [1.807, 2.05) is 38.3 Å². The molecule has 1 saturated carbocycles. The van der Waals surface area contributed by atoms with Crippen molar-refractivity contribution in [3.8, 4) is 5.82 Å². The Morgan fingerprint density at radius 1 is 1.31 bits per heavy atom. The minimum absolute atomic E-state index is 0.0624. The van der Waals surface area contributed by atoms with E-state index in [1.54, 1.807) is 15.6 Å². The van der Waals surface area contributed by atoms with Crippen molar-refractivity contribution in [2.75, 3.05) is 12.9 Å². The number of rotatable bonds is 5. The van der Waals surface area contributed by atoms with Crippen LogP contribution in [0.1, 0.15) is 38.4 Å².